The average molecular weight is 287 g/mol. The molecular weight excluding hydrogens is 271 g/mol. The molecule has 9 heteroatoms. The van der Waals surface area contributed by atoms with Crippen molar-refractivity contribution in [2.45, 2.75) is 25.4 Å². The van der Waals surface area contributed by atoms with Gasteiger partial charge in [-0.3, -0.25) is 10.1 Å². The molecule has 0 saturated heterocycles. The monoisotopic (exact) mass is 287 g/mol. The molecule has 0 fully saturated rings. The van der Waals surface area contributed by atoms with Gasteiger partial charge in [-0.2, -0.15) is 13.2 Å². The van der Waals surface area contributed by atoms with E-state index in [1.54, 1.807) is 6.92 Å². The van der Waals surface area contributed by atoms with Crippen LogP contribution in [0, 0.1) is 0 Å². The number of thioether (sulfide) groups is 1. The molecule has 0 aliphatic rings. The summed E-state index contributed by atoms with van der Waals surface area (Å²) in [7, 11) is 0. The van der Waals surface area contributed by atoms with Crippen LogP contribution in [0.4, 0.5) is 18.0 Å². The van der Waals surface area contributed by atoms with E-state index in [0.717, 1.165) is 0 Å². The molecule has 106 valence electrons. The molecule has 0 heterocycles. The number of amides is 3. The fraction of sp³-hybridized carbons (Fsp3) is 0.778. The number of hydrogen-bond donors (Lipinski definition) is 3. The van der Waals surface area contributed by atoms with Crippen LogP contribution in [0.25, 0.3) is 0 Å². The number of nitrogens with one attached hydrogen (secondary N) is 3. The molecule has 0 bridgehead atoms. The van der Waals surface area contributed by atoms with Gasteiger partial charge in [0.2, 0.25) is 5.91 Å². The SMILES string of the molecule is CCNC(=O)NC(=O)C(C)NCCSC(F)(F)F. The van der Waals surface area contributed by atoms with Gasteiger partial charge < -0.3 is 10.6 Å². The highest BCUT2D eigenvalue weighted by Crippen LogP contribution is 2.29. The predicted octanol–water partition coefficient (Wildman–Crippen LogP) is 1.06. The van der Waals surface area contributed by atoms with Crippen molar-refractivity contribution >= 4 is 23.7 Å². The summed E-state index contributed by atoms with van der Waals surface area (Å²) in [4.78, 5) is 22.4. The summed E-state index contributed by atoms with van der Waals surface area (Å²) < 4.78 is 35.4. The molecule has 0 aliphatic carbocycles. The molecule has 1 atom stereocenters. The molecule has 1 unspecified atom stereocenters. The molecule has 3 N–H and O–H groups in total. The minimum Gasteiger partial charge on any atom is -0.338 e. The number of halogens is 3. The summed E-state index contributed by atoms with van der Waals surface area (Å²) in [6.07, 6.45) is 0. The van der Waals surface area contributed by atoms with Crippen molar-refractivity contribution in [2.24, 2.45) is 0 Å². The first-order valence-corrected chi connectivity index (χ1v) is 6.27. The van der Waals surface area contributed by atoms with Gasteiger partial charge in [0.25, 0.3) is 0 Å². The lowest BCUT2D eigenvalue weighted by atomic mass is 10.3. The van der Waals surface area contributed by atoms with Crippen molar-refractivity contribution in [3.63, 3.8) is 0 Å². The molecule has 0 radical (unpaired) electrons. The summed E-state index contributed by atoms with van der Waals surface area (Å²) in [5.74, 6) is -0.777. The number of carbonyl (C=O) groups excluding carboxylic acids is 2. The molecule has 0 aromatic heterocycles. The minimum atomic E-state index is -4.27. The lowest BCUT2D eigenvalue weighted by molar-refractivity contribution is -0.121. The Hall–Kier alpha value is -0.960. The van der Waals surface area contributed by atoms with Gasteiger partial charge in [-0.05, 0) is 25.6 Å². The van der Waals surface area contributed by atoms with Gasteiger partial charge in [0.05, 0.1) is 6.04 Å². The molecule has 18 heavy (non-hydrogen) atoms. The number of alkyl halides is 3. The lowest BCUT2D eigenvalue weighted by Gasteiger charge is -2.13. The van der Waals surface area contributed by atoms with Gasteiger partial charge >= 0.3 is 11.5 Å². The van der Waals surface area contributed by atoms with E-state index in [1.165, 1.54) is 6.92 Å². The van der Waals surface area contributed by atoms with Crippen LogP contribution in [0.1, 0.15) is 13.8 Å². The van der Waals surface area contributed by atoms with Crippen LogP contribution in [-0.2, 0) is 4.79 Å². The first-order valence-electron chi connectivity index (χ1n) is 5.29. The van der Waals surface area contributed by atoms with Gasteiger partial charge in [0.1, 0.15) is 0 Å². The molecular formula is C9H16F3N3O2S. The molecule has 0 aromatic carbocycles. The number of urea groups is 1. The van der Waals surface area contributed by atoms with Crippen LogP contribution in [-0.4, -0.2) is 42.3 Å². The zero-order valence-electron chi connectivity index (χ0n) is 10.1. The smallest absolute Gasteiger partial charge is 0.338 e. The largest absolute Gasteiger partial charge is 0.441 e. The third-order valence-electron chi connectivity index (χ3n) is 1.79. The van der Waals surface area contributed by atoms with Gasteiger partial charge in [-0.15, -0.1) is 0 Å². The first-order chi connectivity index (χ1) is 8.26. The molecule has 0 aliphatic heterocycles. The highest BCUT2D eigenvalue weighted by atomic mass is 32.2. The molecule has 0 saturated carbocycles. The van der Waals surface area contributed by atoms with Crippen LogP contribution in [0.5, 0.6) is 0 Å². The second-order valence-corrected chi connectivity index (χ2v) is 4.48. The summed E-state index contributed by atoms with van der Waals surface area (Å²) in [5, 5.41) is 7.01. The Balaban J connectivity index is 3.78. The van der Waals surface area contributed by atoms with Gasteiger partial charge in [0, 0.05) is 18.8 Å². The first kappa shape index (κ1) is 17.0. The van der Waals surface area contributed by atoms with Crippen LogP contribution < -0.4 is 16.0 Å². The second-order valence-electron chi connectivity index (χ2n) is 3.32. The molecule has 5 nitrogen and oxygen atoms in total. The fourth-order valence-electron chi connectivity index (χ4n) is 0.960. The highest BCUT2D eigenvalue weighted by molar-refractivity contribution is 8.00. The third kappa shape index (κ3) is 9.11. The number of imide groups is 1. The Morgan fingerprint density at radius 2 is 1.94 bits per heavy atom. The Labute approximate surface area is 107 Å². The van der Waals surface area contributed by atoms with E-state index in [9.17, 15) is 22.8 Å². The van der Waals surface area contributed by atoms with Crippen LogP contribution >= 0.6 is 11.8 Å². The van der Waals surface area contributed by atoms with E-state index < -0.39 is 23.5 Å². The van der Waals surface area contributed by atoms with E-state index in [4.69, 9.17) is 0 Å². The summed E-state index contributed by atoms with van der Waals surface area (Å²) in [6, 6.07) is -1.36. The number of rotatable bonds is 6. The maximum absolute atomic E-state index is 11.8. The van der Waals surface area contributed by atoms with E-state index >= 15 is 0 Å². The molecule has 0 rings (SSSR count). The van der Waals surface area contributed by atoms with E-state index in [0.29, 0.717) is 6.54 Å². The third-order valence-corrected chi connectivity index (χ3v) is 2.52. The van der Waals surface area contributed by atoms with Gasteiger partial charge in [-0.1, -0.05) is 0 Å². The average Bonchev–Trinajstić information content (AvgIpc) is 2.22. The predicted molar refractivity (Wildman–Crippen MR) is 63.2 cm³/mol. The van der Waals surface area contributed by atoms with Crippen molar-refractivity contribution in [3.05, 3.63) is 0 Å². The number of carbonyl (C=O) groups is 2. The molecule has 3 amide bonds. The Kier molecular flexibility index (Phi) is 7.76. The standard InChI is InChI=1S/C9H16F3N3O2S/c1-3-13-8(17)15-7(16)6(2)14-4-5-18-9(10,11)12/h6,14H,3-5H2,1-2H3,(H2,13,15,16,17). The minimum absolute atomic E-state index is 0.0220. The van der Waals surface area contributed by atoms with Crippen molar-refractivity contribution < 1.29 is 22.8 Å². The van der Waals surface area contributed by atoms with Gasteiger partial charge in [0.15, 0.2) is 0 Å². The van der Waals surface area contributed by atoms with E-state index in [2.05, 4.69) is 16.0 Å². The molecule has 0 aromatic rings. The molecule has 0 spiro atoms. The van der Waals surface area contributed by atoms with Crippen LogP contribution in [0.2, 0.25) is 0 Å². The summed E-state index contributed by atoms with van der Waals surface area (Å²) in [6.45, 7) is 3.56. The quantitative estimate of drug-likeness (QED) is 0.639. The fourth-order valence-corrected chi connectivity index (χ4v) is 1.41. The summed E-state index contributed by atoms with van der Waals surface area (Å²) >= 11 is -0.164. The zero-order valence-corrected chi connectivity index (χ0v) is 10.9. The highest BCUT2D eigenvalue weighted by Gasteiger charge is 2.27. The normalized spacial score (nSPS) is 12.9. The van der Waals surface area contributed by atoms with E-state index in [-0.39, 0.29) is 24.1 Å². The van der Waals surface area contributed by atoms with Crippen molar-refractivity contribution in [3.8, 4) is 0 Å². The van der Waals surface area contributed by atoms with Crippen molar-refractivity contribution in [1.82, 2.24) is 16.0 Å². The Bertz CT molecular complexity index is 287. The van der Waals surface area contributed by atoms with Crippen molar-refractivity contribution in [2.75, 3.05) is 18.8 Å². The van der Waals surface area contributed by atoms with Crippen LogP contribution in [0.15, 0.2) is 0 Å². The maximum Gasteiger partial charge on any atom is 0.441 e. The summed E-state index contributed by atoms with van der Waals surface area (Å²) in [5.41, 5.74) is -4.27. The zero-order chi connectivity index (χ0) is 14.2. The van der Waals surface area contributed by atoms with Crippen LogP contribution in [0.3, 0.4) is 0 Å². The van der Waals surface area contributed by atoms with E-state index in [1.807, 2.05) is 0 Å². The lowest BCUT2D eigenvalue weighted by Crippen LogP contribution is -2.48. The number of hydrogen-bond acceptors (Lipinski definition) is 4. The second kappa shape index (κ2) is 8.20. The van der Waals surface area contributed by atoms with Gasteiger partial charge in [-0.25, -0.2) is 4.79 Å². The van der Waals surface area contributed by atoms with Crippen molar-refractivity contribution in [1.29, 1.82) is 0 Å². The topological polar surface area (TPSA) is 70.2 Å². The maximum atomic E-state index is 11.8. The Morgan fingerprint density at radius 3 is 2.44 bits per heavy atom. The Morgan fingerprint density at radius 1 is 1.33 bits per heavy atom.